The highest BCUT2D eigenvalue weighted by Gasteiger charge is 2.47. The summed E-state index contributed by atoms with van der Waals surface area (Å²) in [6.45, 7) is 7.76. The topological polar surface area (TPSA) is 40.2 Å². The number of hydrogen-bond donors (Lipinski definition) is 0. The lowest BCUT2D eigenvalue weighted by molar-refractivity contribution is -0.0895. The Morgan fingerprint density at radius 2 is 1.21 bits per heavy atom. The SMILES string of the molecule is CCN(CC)C(=S)S[C@H]1O[C@@H](COCc2ccccc2)[C@H](OCc2ccccc2)[C@H]1OCc1ccccc1. The molecule has 3 aromatic rings. The third-order valence-corrected chi connectivity index (χ3v) is 8.09. The third-order valence-electron chi connectivity index (χ3n) is 6.47. The van der Waals surface area contributed by atoms with Gasteiger partial charge in [0.25, 0.3) is 0 Å². The van der Waals surface area contributed by atoms with Crippen molar-refractivity contribution in [3.05, 3.63) is 108 Å². The molecule has 1 aliphatic rings. The molecule has 1 saturated heterocycles. The van der Waals surface area contributed by atoms with Gasteiger partial charge in [-0.15, -0.1) is 0 Å². The first kappa shape index (κ1) is 28.7. The fourth-order valence-electron chi connectivity index (χ4n) is 4.35. The molecule has 0 aliphatic carbocycles. The zero-order valence-electron chi connectivity index (χ0n) is 22.1. The van der Waals surface area contributed by atoms with E-state index >= 15 is 0 Å². The quantitative estimate of drug-likeness (QED) is 0.226. The van der Waals surface area contributed by atoms with Crippen LogP contribution >= 0.6 is 24.0 Å². The van der Waals surface area contributed by atoms with E-state index in [0.717, 1.165) is 34.1 Å². The van der Waals surface area contributed by atoms with Gasteiger partial charge in [0.1, 0.15) is 28.1 Å². The van der Waals surface area contributed by atoms with Crippen molar-refractivity contribution in [1.29, 1.82) is 0 Å². The van der Waals surface area contributed by atoms with Crippen molar-refractivity contribution in [2.45, 2.75) is 57.4 Å². The Bertz CT molecular complexity index is 1080. The normalized spacial score (nSPS) is 20.9. The first-order chi connectivity index (χ1) is 18.7. The molecule has 38 heavy (non-hydrogen) atoms. The summed E-state index contributed by atoms with van der Waals surface area (Å²) in [5.41, 5.74) is 3.02. The second-order valence-corrected chi connectivity index (χ2v) is 10.9. The molecule has 0 amide bonds. The Labute approximate surface area is 236 Å². The maximum Gasteiger partial charge on any atom is 0.139 e. The summed E-state index contributed by atoms with van der Waals surface area (Å²) in [7, 11) is 0. The van der Waals surface area contributed by atoms with Gasteiger partial charge in [-0.3, -0.25) is 0 Å². The second kappa shape index (κ2) is 15.4. The van der Waals surface area contributed by atoms with Crippen LogP contribution in [0.5, 0.6) is 0 Å². The van der Waals surface area contributed by atoms with E-state index < -0.39 is 0 Å². The zero-order chi connectivity index (χ0) is 26.6. The smallest absolute Gasteiger partial charge is 0.139 e. The third kappa shape index (κ3) is 8.37. The zero-order valence-corrected chi connectivity index (χ0v) is 23.7. The molecule has 0 spiro atoms. The molecule has 4 rings (SSSR count). The van der Waals surface area contributed by atoms with Crippen LogP contribution < -0.4 is 0 Å². The van der Waals surface area contributed by atoms with Crippen molar-refractivity contribution in [1.82, 2.24) is 4.90 Å². The minimum absolute atomic E-state index is 0.291. The van der Waals surface area contributed by atoms with E-state index in [1.165, 1.54) is 0 Å². The van der Waals surface area contributed by atoms with Crippen LogP contribution in [0.1, 0.15) is 30.5 Å². The molecule has 0 bridgehead atoms. The Balaban J connectivity index is 1.51. The Kier molecular flexibility index (Phi) is 11.6. The Hall–Kier alpha value is -2.26. The number of thiocarbonyl (C=S) groups is 1. The summed E-state index contributed by atoms with van der Waals surface area (Å²) in [5, 5.41) is 0. The molecule has 1 aliphatic heterocycles. The van der Waals surface area contributed by atoms with E-state index in [2.05, 4.69) is 55.1 Å². The fraction of sp³-hybridized carbons (Fsp3) is 0.387. The van der Waals surface area contributed by atoms with Crippen LogP contribution in [-0.4, -0.2) is 52.7 Å². The van der Waals surface area contributed by atoms with Gasteiger partial charge in [0.15, 0.2) is 0 Å². The van der Waals surface area contributed by atoms with Gasteiger partial charge in [0.2, 0.25) is 0 Å². The van der Waals surface area contributed by atoms with E-state index in [1.807, 2.05) is 54.6 Å². The molecule has 1 fully saturated rings. The Morgan fingerprint density at radius 1 is 0.737 bits per heavy atom. The van der Waals surface area contributed by atoms with Crippen LogP contribution in [0.15, 0.2) is 91.0 Å². The van der Waals surface area contributed by atoms with Crippen molar-refractivity contribution >= 4 is 28.3 Å². The maximum atomic E-state index is 6.59. The number of thioether (sulfide) groups is 1. The van der Waals surface area contributed by atoms with Crippen LogP contribution in [0, 0.1) is 0 Å². The molecule has 0 saturated carbocycles. The Morgan fingerprint density at radius 3 is 1.71 bits per heavy atom. The van der Waals surface area contributed by atoms with Crippen molar-refractivity contribution in [2.24, 2.45) is 0 Å². The summed E-state index contributed by atoms with van der Waals surface area (Å²) in [6.07, 6.45) is -0.922. The fourth-order valence-corrected chi connectivity index (χ4v) is 6.07. The molecule has 0 N–H and O–H groups in total. The highest BCUT2D eigenvalue weighted by molar-refractivity contribution is 8.23. The van der Waals surface area contributed by atoms with Crippen molar-refractivity contribution in [3.63, 3.8) is 0 Å². The molecule has 0 unspecified atom stereocenters. The number of ether oxygens (including phenoxy) is 4. The van der Waals surface area contributed by atoms with Crippen LogP contribution in [0.2, 0.25) is 0 Å². The molecular weight excluding hydrogens is 514 g/mol. The minimum Gasteiger partial charge on any atom is -0.374 e. The van der Waals surface area contributed by atoms with Crippen molar-refractivity contribution in [2.75, 3.05) is 19.7 Å². The summed E-state index contributed by atoms with van der Waals surface area (Å²) >= 11 is 7.33. The van der Waals surface area contributed by atoms with E-state index in [-0.39, 0.29) is 23.7 Å². The molecule has 5 nitrogen and oxygen atoms in total. The average molecular weight is 552 g/mol. The van der Waals surface area contributed by atoms with Gasteiger partial charge in [-0.25, -0.2) is 0 Å². The van der Waals surface area contributed by atoms with E-state index in [1.54, 1.807) is 11.8 Å². The maximum absolute atomic E-state index is 6.59. The molecule has 4 atom stereocenters. The van der Waals surface area contributed by atoms with Gasteiger partial charge in [-0.1, -0.05) is 115 Å². The standard InChI is InChI=1S/C31H37NO4S2/c1-3-32(4-2)31(37)38-30-29(35-22-26-18-12-7-13-19-26)28(34-21-25-16-10-6-11-17-25)27(36-30)23-33-20-24-14-8-5-9-15-24/h5-19,27-30H,3-4,20-23H2,1-2H3/t27-,28-,29+,30+/m0/s1. The van der Waals surface area contributed by atoms with Gasteiger partial charge in [-0.2, -0.15) is 0 Å². The number of nitrogens with zero attached hydrogens (tertiary/aromatic N) is 1. The van der Waals surface area contributed by atoms with Gasteiger partial charge in [0.05, 0.1) is 26.4 Å². The van der Waals surface area contributed by atoms with Gasteiger partial charge in [0, 0.05) is 13.1 Å². The molecular formula is C31H37NO4S2. The summed E-state index contributed by atoms with van der Waals surface area (Å²) in [4.78, 5) is 2.16. The molecule has 7 heteroatoms. The monoisotopic (exact) mass is 551 g/mol. The predicted octanol–water partition coefficient (Wildman–Crippen LogP) is 6.46. The molecule has 0 radical (unpaired) electrons. The van der Waals surface area contributed by atoms with Crippen LogP contribution in [0.4, 0.5) is 0 Å². The predicted molar refractivity (Wildman–Crippen MR) is 158 cm³/mol. The number of hydrogen-bond acceptors (Lipinski definition) is 6. The lowest BCUT2D eigenvalue weighted by atomic mass is 10.1. The average Bonchev–Trinajstić information content (AvgIpc) is 3.28. The van der Waals surface area contributed by atoms with E-state index in [9.17, 15) is 0 Å². The van der Waals surface area contributed by atoms with Crippen molar-refractivity contribution in [3.8, 4) is 0 Å². The van der Waals surface area contributed by atoms with Gasteiger partial charge >= 0.3 is 0 Å². The van der Waals surface area contributed by atoms with Gasteiger partial charge < -0.3 is 23.8 Å². The van der Waals surface area contributed by atoms with Crippen LogP contribution in [0.25, 0.3) is 0 Å². The lowest BCUT2D eigenvalue weighted by Gasteiger charge is -2.27. The van der Waals surface area contributed by atoms with Crippen LogP contribution in [-0.2, 0) is 38.8 Å². The number of rotatable bonds is 13. The highest BCUT2D eigenvalue weighted by atomic mass is 32.2. The summed E-state index contributed by atoms with van der Waals surface area (Å²) in [6, 6.07) is 30.5. The minimum atomic E-state index is -0.317. The molecule has 1 heterocycles. The molecule has 3 aromatic carbocycles. The van der Waals surface area contributed by atoms with Crippen molar-refractivity contribution < 1.29 is 18.9 Å². The highest BCUT2D eigenvalue weighted by Crippen LogP contribution is 2.36. The summed E-state index contributed by atoms with van der Waals surface area (Å²) in [5.74, 6) is 0. The largest absolute Gasteiger partial charge is 0.374 e. The van der Waals surface area contributed by atoms with Gasteiger partial charge in [-0.05, 0) is 30.5 Å². The first-order valence-corrected chi connectivity index (χ1v) is 14.5. The van der Waals surface area contributed by atoms with E-state index in [0.29, 0.717) is 26.4 Å². The molecule has 0 aromatic heterocycles. The first-order valence-electron chi connectivity index (χ1n) is 13.2. The summed E-state index contributed by atoms with van der Waals surface area (Å²) < 4.78 is 26.6. The van der Waals surface area contributed by atoms with E-state index in [4.69, 9.17) is 31.2 Å². The second-order valence-electron chi connectivity index (χ2n) is 9.12. The van der Waals surface area contributed by atoms with Crippen LogP contribution in [0.3, 0.4) is 0 Å². The number of benzene rings is 3. The lowest BCUT2D eigenvalue weighted by Crippen LogP contribution is -2.39. The molecule has 202 valence electrons.